The fraction of sp³-hybridized carbons (Fsp3) is 0.611. The summed E-state index contributed by atoms with van der Waals surface area (Å²) in [6, 6.07) is 5.81. The van der Waals surface area contributed by atoms with E-state index in [2.05, 4.69) is 35.4 Å². The second-order valence-electron chi connectivity index (χ2n) is 6.50. The lowest BCUT2D eigenvalue weighted by Crippen LogP contribution is -2.31. The molecule has 0 spiro atoms. The van der Waals surface area contributed by atoms with Gasteiger partial charge in [-0.25, -0.2) is 4.79 Å². The number of ether oxygens (including phenoxy) is 1. The van der Waals surface area contributed by atoms with Gasteiger partial charge in [-0.05, 0) is 49.8 Å². The monoisotopic (exact) mass is 319 g/mol. The van der Waals surface area contributed by atoms with E-state index in [1.165, 1.54) is 19.3 Å². The molecule has 1 aromatic rings. The molecular formula is C18H29N3O2. The first kappa shape index (κ1) is 17.4. The lowest BCUT2D eigenvalue weighted by Gasteiger charge is -2.29. The van der Waals surface area contributed by atoms with Crippen molar-refractivity contribution < 1.29 is 9.53 Å². The van der Waals surface area contributed by atoms with Gasteiger partial charge in [0.25, 0.3) is 0 Å². The number of nitrogens with one attached hydrogen (secondary N) is 2. The van der Waals surface area contributed by atoms with Crippen molar-refractivity contribution in [1.29, 1.82) is 0 Å². The average Bonchev–Trinajstić information content (AvgIpc) is 2.55. The molecule has 5 nitrogen and oxygen atoms in total. The Morgan fingerprint density at radius 1 is 1.26 bits per heavy atom. The predicted molar refractivity (Wildman–Crippen MR) is 95.5 cm³/mol. The minimum atomic E-state index is -0.181. The molecule has 2 N–H and O–H groups in total. The van der Waals surface area contributed by atoms with Crippen LogP contribution >= 0.6 is 0 Å². The Balaban J connectivity index is 2.01. The van der Waals surface area contributed by atoms with E-state index in [1.54, 1.807) is 7.11 Å². The van der Waals surface area contributed by atoms with Crippen molar-refractivity contribution in [3.05, 3.63) is 18.2 Å². The predicted octanol–water partition coefficient (Wildman–Crippen LogP) is 3.85. The Labute approximate surface area is 139 Å². The molecule has 1 aromatic carbocycles. The molecule has 1 fully saturated rings. The van der Waals surface area contributed by atoms with Crippen LogP contribution in [0.25, 0.3) is 0 Å². The zero-order valence-electron chi connectivity index (χ0n) is 14.5. The Kier molecular flexibility index (Phi) is 6.56. The highest BCUT2D eigenvalue weighted by Gasteiger charge is 2.14. The molecule has 128 valence electrons. The van der Waals surface area contributed by atoms with Crippen molar-refractivity contribution in [2.75, 3.05) is 37.0 Å². The van der Waals surface area contributed by atoms with Crippen LogP contribution in [0, 0.1) is 5.92 Å². The standard InChI is InChI=1S/C18H29N3O2/c1-14(2)9-10-19-18(22)20-16-13-15(7-8-17(16)23-3)21-11-5-4-6-12-21/h7-8,13-14H,4-6,9-12H2,1-3H3,(H2,19,20,22). The second kappa shape index (κ2) is 8.65. The molecular weight excluding hydrogens is 290 g/mol. The van der Waals surface area contributed by atoms with E-state index in [0.29, 0.717) is 18.2 Å². The zero-order valence-corrected chi connectivity index (χ0v) is 14.5. The van der Waals surface area contributed by atoms with Crippen LogP contribution in [-0.2, 0) is 0 Å². The fourth-order valence-electron chi connectivity index (χ4n) is 2.78. The summed E-state index contributed by atoms with van der Waals surface area (Å²) in [7, 11) is 1.62. The quantitative estimate of drug-likeness (QED) is 0.837. The molecule has 5 heteroatoms. The number of urea groups is 1. The van der Waals surface area contributed by atoms with Gasteiger partial charge >= 0.3 is 6.03 Å². The van der Waals surface area contributed by atoms with Crippen LogP contribution in [0.3, 0.4) is 0 Å². The van der Waals surface area contributed by atoms with Gasteiger partial charge in [-0.1, -0.05) is 13.8 Å². The third-order valence-corrected chi connectivity index (χ3v) is 4.16. The third kappa shape index (κ3) is 5.34. The summed E-state index contributed by atoms with van der Waals surface area (Å²) in [5, 5.41) is 5.81. The number of nitrogens with zero attached hydrogens (tertiary/aromatic N) is 1. The van der Waals surface area contributed by atoms with Gasteiger partial charge in [0.2, 0.25) is 0 Å². The molecule has 0 radical (unpaired) electrons. The second-order valence-corrected chi connectivity index (χ2v) is 6.50. The molecule has 1 saturated heterocycles. The molecule has 0 unspecified atom stereocenters. The van der Waals surface area contributed by atoms with Gasteiger partial charge in [0.15, 0.2) is 0 Å². The minimum absolute atomic E-state index is 0.181. The SMILES string of the molecule is COc1ccc(N2CCCCC2)cc1NC(=O)NCCC(C)C. The average molecular weight is 319 g/mol. The molecule has 0 aromatic heterocycles. The van der Waals surface area contributed by atoms with E-state index in [1.807, 2.05) is 12.1 Å². The first-order chi connectivity index (χ1) is 11.1. The number of hydrogen-bond acceptors (Lipinski definition) is 3. The van der Waals surface area contributed by atoms with Crippen LogP contribution < -0.4 is 20.3 Å². The van der Waals surface area contributed by atoms with Crippen LogP contribution in [0.5, 0.6) is 5.75 Å². The molecule has 23 heavy (non-hydrogen) atoms. The van der Waals surface area contributed by atoms with E-state index < -0.39 is 0 Å². The van der Waals surface area contributed by atoms with Gasteiger partial charge in [0.05, 0.1) is 12.8 Å². The smallest absolute Gasteiger partial charge is 0.319 e. The van der Waals surface area contributed by atoms with E-state index in [9.17, 15) is 4.79 Å². The number of carbonyl (C=O) groups excluding carboxylic acids is 1. The Morgan fingerprint density at radius 2 is 2.00 bits per heavy atom. The largest absolute Gasteiger partial charge is 0.495 e. The Hall–Kier alpha value is -1.91. The van der Waals surface area contributed by atoms with E-state index in [4.69, 9.17) is 4.74 Å². The van der Waals surface area contributed by atoms with E-state index >= 15 is 0 Å². The van der Waals surface area contributed by atoms with Gasteiger partial charge in [0, 0.05) is 25.3 Å². The summed E-state index contributed by atoms with van der Waals surface area (Å²) in [6.45, 7) is 7.12. The summed E-state index contributed by atoms with van der Waals surface area (Å²) < 4.78 is 5.37. The zero-order chi connectivity index (χ0) is 16.7. The van der Waals surface area contributed by atoms with Crippen LogP contribution in [0.1, 0.15) is 39.5 Å². The molecule has 1 aliphatic heterocycles. The molecule has 2 rings (SSSR count). The Bertz CT molecular complexity index is 511. The summed E-state index contributed by atoms with van der Waals surface area (Å²) in [6.07, 6.45) is 4.73. The van der Waals surface area contributed by atoms with Crippen molar-refractivity contribution in [3.63, 3.8) is 0 Å². The lowest BCUT2D eigenvalue weighted by molar-refractivity contribution is 0.251. The topological polar surface area (TPSA) is 53.6 Å². The molecule has 0 saturated carbocycles. The minimum Gasteiger partial charge on any atom is -0.495 e. The molecule has 0 aliphatic carbocycles. The van der Waals surface area contributed by atoms with Gasteiger partial charge in [-0.15, -0.1) is 0 Å². The highest BCUT2D eigenvalue weighted by Crippen LogP contribution is 2.30. The lowest BCUT2D eigenvalue weighted by atomic mass is 10.1. The molecule has 2 amide bonds. The van der Waals surface area contributed by atoms with Crippen LogP contribution in [0.4, 0.5) is 16.2 Å². The van der Waals surface area contributed by atoms with Crippen molar-refractivity contribution in [2.24, 2.45) is 5.92 Å². The van der Waals surface area contributed by atoms with Crippen molar-refractivity contribution in [3.8, 4) is 5.75 Å². The maximum atomic E-state index is 12.1. The number of rotatable bonds is 6. The van der Waals surface area contributed by atoms with Gasteiger partial charge in [-0.2, -0.15) is 0 Å². The molecule has 1 heterocycles. The number of amides is 2. The summed E-state index contributed by atoms with van der Waals surface area (Å²) >= 11 is 0. The van der Waals surface area contributed by atoms with E-state index in [0.717, 1.165) is 30.9 Å². The number of anilines is 2. The summed E-state index contributed by atoms with van der Waals surface area (Å²) in [5.41, 5.74) is 1.86. The van der Waals surface area contributed by atoms with Gasteiger partial charge < -0.3 is 20.3 Å². The Morgan fingerprint density at radius 3 is 2.65 bits per heavy atom. The number of hydrogen-bond donors (Lipinski definition) is 2. The van der Waals surface area contributed by atoms with Crippen molar-refractivity contribution in [2.45, 2.75) is 39.5 Å². The molecule has 0 bridgehead atoms. The summed E-state index contributed by atoms with van der Waals surface area (Å²) in [5.74, 6) is 1.26. The summed E-state index contributed by atoms with van der Waals surface area (Å²) in [4.78, 5) is 14.4. The molecule has 1 aliphatic rings. The van der Waals surface area contributed by atoms with Crippen LogP contribution in [0.15, 0.2) is 18.2 Å². The maximum absolute atomic E-state index is 12.1. The third-order valence-electron chi connectivity index (χ3n) is 4.16. The molecule has 0 atom stereocenters. The normalized spacial score (nSPS) is 14.7. The van der Waals surface area contributed by atoms with E-state index in [-0.39, 0.29) is 6.03 Å². The van der Waals surface area contributed by atoms with Crippen LogP contribution in [-0.4, -0.2) is 32.8 Å². The highest BCUT2D eigenvalue weighted by atomic mass is 16.5. The number of carbonyl (C=O) groups is 1. The first-order valence-electron chi connectivity index (χ1n) is 8.58. The van der Waals surface area contributed by atoms with Crippen molar-refractivity contribution in [1.82, 2.24) is 5.32 Å². The van der Waals surface area contributed by atoms with Gasteiger partial charge in [0.1, 0.15) is 5.75 Å². The van der Waals surface area contributed by atoms with Gasteiger partial charge in [-0.3, -0.25) is 0 Å². The fourth-order valence-corrected chi connectivity index (χ4v) is 2.78. The van der Waals surface area contributed by atoms with Crippen LogP contribution in [0.2, 0.25) is 0 Å². The first-order valence-corrected chi connectivity index (χ1v) is 8.58. The van der Waals surface area contributed by atoms with Crippen molar-refractivity contribution >= 4 is 17.4 Å². The maximum Gasteiger partial charge on any atom is 0.319 e. The number of benzene rings is 1. The highest BCUT2D eigenvalue weighted by molar-refractivity contribution is 5.91. The number of piperidine rings is 1. The number of methoxy groups -OCH3 is 1.